The van der Waals surface area contributed by atoms with Crippen LogP contribution in [0.3, 0.4) is 0 Å². The summed E-state index contributed by atoms with van der Waals surface area (Å²) in [5.41, 5.74) is 0. The van der Waals surface area contributed by atoms with Crippen LogP contribution >= 0.6 is 10.7 Å². The third kappa shape index (κ3) is 6.32. The number of halogens is 1. The SMILES string of the molecule is CCCC(C)OS(=O)(=O)Cl. The van der Waals surface area contributed by atoms with E-state index in [4.69, 9.17) is 10.7 Å². The van der Waals surface area contributed by atoms with E-state index in [2.05, 4.69) is 4.18 Å². The summed E-state index contributed by atoms with van der Waals surface area (Å²) in [6.07, 6.45) is 1.27. The van der Waals surface area contributed by atoms with Gasteiger partial charge >= 0.3 is 9.33 Å². The first kappa shape index (κ1) is 10.2. The Kier molecular flexibility index (Phi) is 4.24. The third-order valence-corrected chi connectivity index (χ3v) is 1.75. The second kappa shape index (κ2) is 4.16. The molecule has 0 rings (SSSR count). The van der Waals surface area contributed by atoms with Gasteiger partial charge in [0.15, 0.2) is 0 Å². The van der Waals surface area contributed by atoms with Crippen molar-refractivity contribution >= 4 is 20.0 Å². The molecule has 0 N–H and O–H groups in total. The molecule has 1 atom stereocenters. The smallest absolute Gasteiger partial charge is 0.255 e. The van der Waals surface area contributed by atoms with Gasteiger partial charge in [0.25, 0.3) is 0 Å². The quantitative estimate of drug-likeness (QED) is 0.628. The first-order valence-corrected chi connectivity index (χ1v) is 5.32. The van der Waals surface area contributed by atoms with E-state index in [9.17, 15) is 8.42 Å². The summed E-state index contributed by atoms with van der Waals surface area (Å²) in [5.74, 6) is 0. The summed E-state index contributed by atoms with van der Waals surface area (Å²) in [7, 11) is 1.04. The molecule has 0 radical (unpaired) electrons. The highest BCUT2D eigenvalue weighted by Crippen LogP contribution is 2.08. The maximum Gasteiger partial charge on any atom is 0.355 e. The molecular formula is C5H11ClO3S. The lowest BCUT2D eigenvalue weighted by Gasteiger charge is -2.06. The van der Waals surface area contributed by atoms with Gasteiger partial charge in [-0.15, -0.1) is 0 Å². The molecule has 62 valence electrons. The molecule has 0 aliphatic rings. The summed E-state index contributed by atoms with van der Waals surface area (Å²) in [4.78, 5) is 0. The fourth-order valence-corrected chi connectivity index (χ4v) is 1.51. The predicted molar refractivity (Wildman–Crippen MR) is 40.2 cm³/mol. The second-order valence-electron chi connectivity index (χ2n) is 2.09. The molecule has 1 unspecified atom stereocenters. The van der Waals surface area contributed by atoms with Gasteiger partial charge in [-0.25, -0.2) is 0 Å². The fraction of sp³-hybridized carbons (Fsp3) is 1.00. The Hall–Kier alpha value is 0.200. The van der Waals surface area contributed by atoms with Crippen LogP contribution in [0.2, 0.25) is 0 Å². The Labute approximate surface area is 66.0 Å². The van der Waals surface area contributed by atoms with E-state index < -0.39 is 9.33 Å². The molecule has 0 aromatic rings. The van der Waals surface area contributed by atoms with Crippen molar-refractivity contribution in [2.45, 2.75) is 32.8 Å². The van der Waals surface area contributed by atoms with E-state index in [1.54, 1.807) is 6.92 Å². The van der Waals surface area contributed by atoms with Crippen molar-refractivity contribution in [1.82, 2.24) is 0 Å². The molecule has 10 heavy (non-hydrogen) atoms. The van der Waals surface area contributed by atoms with Crippen LogP contribution in [0, 0.1) is 0 Å². The second-order valence-corrected chi connectivity index (χ2v) is 4.20. The van der Waals surface area contributed by atoms with Crippen LogP contribution in [0.5, 0.6) is 0 Å². The zero-order valence-electron chi connectivity index (χ0n) is 6.00. The molecule has 0 aliphatic carbocycles. The minimum absolute atomic E-state index is 0.313. The molecular weight excluding hydrogens is 176 g/mol. The number of hydrogen-bond acceptors (Lipinski definition) is 3. The minimum atomic E-state index is -3.77. The Morgan fingerprint density at radius 2 is 2.10 bits per heavy atom. The van der Waals surface area contributed by atoms with Gasteiger partial charge in [0.2, 0.25) is 0 Å². The summed E-state index contributed by atoms with van der Waals surface area (Å²) in [6, 6.07) is 0. The Morgan fingerprint density at radius 1 is 1.60 bits per heavy atom. The van der Waals surface area contributed by atoms with Crippen molar-refractivity contribution in [3.63, 3.8) is 0 Å². The average molecular weight is 187 g/mol. The highest BCUT2D eigenvalue weighted by atomic mass is 35.7. The fourth-order valence-electron chi connectivity index (χ4n) is 0.651. The maximum absolute atomic E-state index is 10.3. The monoisotopic (exact) mass is 186 g/mol. The van der Waals surface area contributed by atoms with Crippen molar-refractivity contribution < 1.29 is 12.6 Å². The van der Waals surface area contributed by atoms with Crippen LogP contribution in [0.25, 0.3) is 0 Å². The highest BCUT2D eigenvalue weighted by molar-refractivity contribution is 8.10. The molecule has 0 heterocycles. The van der Waals surface area contributed by atoms with Gasteiger partial charge < -0.3 is 0 Å². The largest absolute Gasteiger partial charge is 0.355 e. The van der Waals surface area contributed by atoms with E-state index in [0.717, 1.165) is 6.42 Å². The molecule has 0 amide bonds. The first-order valence-electron chi connectivity index (χ1n) is 3.08. The van der Waals surface area contributed by atoms with E-state index in [-0.39, 0.29) is 6.10 Å². The van der Waals surface area contributed by atoms with E-state index in [1.807, 2.05) is 6.92 Å². The predicted octanol–water partition coefficient (Wildman–Crippen LogP) is 1.68. The van der Waals surface area contributed by atoms with Gasteiger partial charge in [-0.1, -0.05) is 13.3 Å². The molecule has 0 fully saturated rings. The van der Waals surface area contributed by atoms with Gasteiger partial charge in [-0.3, -0.25) is 4.18 Å². The van der Waals surface area contributed by atoms with Crippen molar-refractivity contribution in [2.24, 2.45) is 0 Å². The van der Waals surface area contributed by atoms with Crippen molar-refractivity contribution in [1.29, 1.82) is 0 Å². The van der Waals surface area contributed by atoms with Crippen molar-refractivity contribution in [2.75, 3.05) is 0 Å². The highest BCUT2D eigenvalue weighted by Gasteiger charge is 2.10. The Bertz CT molecular complexity index is 175. The summed E-state index contributed by atoms with van der Waals surface area (Å²) in [6.45, 7) is 3.62. The van der Waals surface area contributed by atoms with E-state index in [1.165, 1.54) is 0 Å². The van der Waals surface area contributed by atoms with Crippen LogP contribution in [-0.2, 0) is 13.5 Å². The van der Waals surface area contributed by atoms with Crippen LogP contribution in [0.15, 0.2) is 0 Å². The van der Waals surface area contributed by atoms with Gasteiger partial charge in [0.1, 0.15) is 0 Å². The standard InChI is InChI=1S/C5H11ClO3S/c1-3-4-5(2)9-10(6,7)8/h5H,3-4H2,1-2H3. The molecule has 0 saturated carbocycles. The zero-order chi connectivity index (χ0) is 8.20. The number of rotatable bonds is 4. The Balaban J connectivity index is 3.69. The van der Waals surface area contributed by atoms with Crippen molar-refractivity contribution in [3.05, 3.63) is 0 Å². The normalized spacial score (nSPS) is 15.1. The van der Waals surface area contributed by atoms with Crippen LogP contribution in [0.1, 0.15) is 26.7 Å². The lowest BCUT2D eigenvalue weighted by Crippen LogP contribution is -2.10. The first-order chi connectivity index (χ1) is 4.45. The van der Waals surface area contributed by atoms with Crippen molar-refractivity contribution in [3.8, 4) is 0 Å². The third-order valence-electron chi connectivity index (χ3n) is 0.974. The van der Waals surface area contributed by atoms with Crippen LogP contribution in [0.4, 0.5) is 0 Å². The average Bonchev–Trinajstić information content (AvgIpc) is 1.59. The maximum atomic E-state index is 10.3. The summed E-state index contributed by atoms with van der Waals surface area (Å²) < 4.78 is 24.9. The zero-order valence-corrected chi connectivity index (χ0v) is 7.57. The molecule has 0 aliphatic heterocycles. The van der Waals surface area contributed by atoms with Crippen LogP contribution < -0.4 is 0 Å². The molecule has 0 aromatic heterocycles. The summed E-state index contributed by atoms with van der Waals surface area (Å²) >= 11 is 0. The lowest BCUT2D eigenvalue weighted by atomic mass is 10.2. The van der Waals surface area contributed by atoms with E-state index in [0.29, 0.717) is 6.42 Å². The molecule has 5 heteroatoms. The molecule has 0 saturated heterocycles. The Morgan fingerprint density at radius 3 is 2.40 bits per heavy atom. The van der Waals surface area contributed by atoms with E-state index >= 15 is 0 Å². The van der Waals surface area contributed by atoms with Gasteiger partial charge in [0, 0.05) is 10.7 Å². The lowest BCUT2D eigenvalue weighted by molar-refractivity contribution is 0.224. The number of hydrogen-bond donors (Lipinski definition) is 0. The van der Waals surface area contributed by atoms with Gasteiger partial charge in [-0.05, 0) is 13.3 Å². The topological polar surface area (TPSA) is 43.4 Å². The van der Waals surface area contributed by atoms with Gasteiger partial charge in [0.05, 0.1) is 6.10 Å². The molecule has 0 aromatic carbocycles. The van der Waals surface area contributed by atoms with Crippen LogP contribution in [-0.4, -0.2) is 14.5 Å². The minimum Gasteiger partial charge on any atom is -0.255 e. The molecule has 0 spiro atoms. The van der Waals surface area contributed by atoms with Gasteiger partial charge in [-0.2, -0.15) is 8.42 Å². The molecule has 0 bridgehead atoms. The molecule has 3 nitrogen and oxygen atoms in total. The summed E-state index contributed by atoms with van der Waals surface area (Å²) in [5, 5.41) is 0.